The van der Waals surface area contributed by atoms with Gasteiger partial charge in [0.15, 0.2) is 0 Å². The molecule has 1 aliphatic rings. The topological polar surface area (TPSA) is 49.4 Å². The number of aryl methyl sites for hydroxylation is 2. The van der Waals surface area contributed by atoms with Crippen LogP contribution in [0.3, 0.4) is 0 Å². The molecule has 0 radical (unpaired) electrons. The van der Waals surface area contributed by atoms with Crippen LogP contribution < -0.4 is 10.2 Å². The molecule has 2 aromatic carbocycles. The minimum atomic E-state index is -0.196. The first-order valence-corrected chi connectivity index (χ1v) is 9.77. The summed E-state index contributed by atoms with van der Waals surface area (Å²) >= 11 is 1.54. The van der Waals surface area contributed by atoms with Gasteiger partial charge in [-0.15, -0.1) is 11.8 Å². The Labute approximate surface area is 159 Å². The molecule has 2 aromatic rings. The molecule has 1 fully saturated rings. The summed E-state index contributed by atoms with van der Waals surface area (Å²) in [6.07, 6.45) is 1.52. The molecule has 1 saturated heterocycles. The lowest BCUT2D eigenvalue weighted by Crippen LogP contribution is -2.25. The number of rotatable bonds is 5. The number of nitrogens with zero attached hydrogens (tertiary/aromatic N) is 1. The van der Waals surface area contributed by atoms with E-state index in [1.165, 1.54) is 5.56 Å². The molecule has 0 spiro atoms. The fourth-order valence-corrected chi connectivity index (χ4v) is 3.92. The minimum Gasteiger partial charge on any atom is -0.325 e. The molecule has 0 bridgehead atoms. The van der Waals surface area contributed by atoms with E-state index in [0.29, 0.717) is 6.42 Å². The molecule has 1 atom stereocenters. The molecule has 4 nitrogen and oxygen atoms in total. The average molecular weight is 369 g/mol. The van der Waals surface area contributed by atoms with Crippen LogP contribution in [0.1, 0.15) is 30.9 Å². The Morgan fingerprint density at radius 3 is 2.50 bits per heavy atom. The largest absolute Gasteiger partial charge is 0.325 e. The van der Waals surface area contributed by atoms with Crippen LogP contribution in [0.2, 0.25) is 0 Å². The number of thioether (sulfide) groups is 1. The fraction of sp³-hybridized carbons (Fsp3) is 0.333. The highest BCUT2D eigenvalue weighted by Gasteiger charge is 2.23. The molecular weight excluding hydrogens is 344 g/mol. The van der Waals surface area contributed by atoms with E-state index in [-0.39, 0.29) is 17.1 Å². The van der Waals surface area contributed by atoms with Crippen molar-refractivity contribution in [1.82, 2.24) is 0 Å². The maximum Gasteiger partial charge on any atom is 0.237 e. The quantitative estimate of drug-likeness (QED) is 0.788. The first kappa shape index (κ1) is 18.5. The van der Waals surface area contributed by atoms with Crippen molar-refractivity contribution in [1.29, 1.82) is 0 Å². The van der Waals surface area contributed by atoms with E-state index in [2.05, 4.69) is 17.4 Å². The summed E-state index contributed by atoms with van der Waals surface area (Å²) < 4.78 is 0. The van der Waals surface area contributed by atoms with Crippen LogP contribution >= 0.6 is 11.8 Å². The molecule has 0 aliphatic carbocycles. The monoisotopic (exact) mass is 368 g/mol. The van der Waals surface area contributed by atoms with E-state index in [4.69, 9.17) is 0 Å². The lowest BCUT2D eigenvalue weighted by atomic mass is 10.1. The number of amides is 2. The summed E-state index contributed by atoms with van der Waals surface area (Å²) in [5, 5.41) is 2.78. The number of nitrogens with one attached hydrogen (secondary N) is 1. The zero-order valence-corrected chi connectivity index (χ0v) is 16.2. The summed E-state index contributed by atoms with van der Waals surface area (Å²) in [5.74, 6) is 0.146. The standard InChI is InChI=1S/C21H24N2O2S/c1-14-6-9-18(10-7-14)26-16(3)21(25)22-17-8-11-19(15(2)13-17)23-12-4-5-20(23)24/h6-11,13,16H,4-5,12H2,1-3H3,(H,22,25)/t16-/m0/s1. The molecule has 1 aliphatic heterocycles. The van der Waals surface area contributed by atoms with Gasteiger partial charge in [0.05, 0.1) is 5.25 Å². The number of hydrogen-bond donors (Lipinski definition) is 1. The van der Waals surface area contributed by atoms with E-state index in [1.54, 1.807) is 11.8 Å². The average Bonchev–Trinajstić information content (AvgIpc) is 3.03. The molecule has 0 aromatic heterocycles. The van der Waals surface area contributed by atoms with Gasteiger partial charge in [-0.05, 0) is 63.1 Å². The van der Waals surface area contributed by atoms with Gasteiger partial charge in [0.2, 0.25) is 11.8 Å². The molecule has 1 N–H and O–H groups in total. The first-order chi connectivity index (χ1) is 12.4. The summed E-state index contributed by atoms with van der Waals surface area (Å²) in [4.78, 5) is 27.3. The number of carbonyl (C=O) groups is 2. The Morgan fingerprint density at radius 2 is 1.88 bits per heavy atom. The smallest absolute Gasteiger partial charge is 0.237 e. The third-order valence-corrected chi connectivity index (χ3v) is 5.64. The SMILES string of the molecule is Cc1ccc(S[C@@H](C)C(=O)Nc2ccc(N3CCCC3=O)c(C)c2)cc1. The van der Waals surface area contributed by atoms with Gasteiger partial charge in [-0.25, -0.2) is 0 Å². The van der Waals surface area contributed by atoms with Crippen LogP contribution in [-0.2, 0) is 9.59 Å². The molecule has 0 unspecified atom stereocenters. The third-order valence-electron chi connectivity index (χ3n) is 4.53. The lowest BCUT2D eigenvalue weighted by Gasteiger charge is -2.19. The first-order valence-electron chi connectivity index (χ1n) is 8.89. The zero-order valence-electron chi connectivity index (χ0n) is 15.4. The van der Waals surface area contributed by atoms with Crippen molar-refractivity contribution < 1.29 is 9.59 Å². The van der Waals surface area contributed by atoms with Gasteiger partial charge in [0.25, 0.3) is 0 Å². The second-order valence-electron chi connectivity index (χ2n) is 6.71. The van der Waals surface area contributed by atoms with Crippen molar-refractivity contribution in [3.05, 3.63) is 53.6 Å². The van der Waals surface area contributed by atoms with Crippen molar-refractivity contribution in [2.45, 2.75) is 43.8 Å². The Bertz CT molecular complexity index is 817. The second-order valence-corrected chi connectivity index (χ2v) is 8.13. The summed E-state index contributed by atoms with van der Waals surface area (Å²) in [6.45, 7) is 6.70. The third kappa shape index (κ3) is 4.28. The van der Waals surface area contributed by atoms with E-state index in [9.17, 15) is 9.59 Å². The van der Waals surface area contributed by atoms with Crippen LogP contribution in [0.4, 0.5) is 11.4 Å². The zero-order chi connectivity index (χ0) is 18.7. The summed E-state index contributed by atoms with van der Waals surface area (Å²) in [5.41, 5.74) is 3.90. The predicted octanol–water partition coefficient (Wildman–Crippen LogP) is 4.55. The molecule has 3 rings (SSSR count). The Morgan fingerprint density at radius 1 is 1.15 bits per heavy atom. The molecule has 26 heavy (non-hydrogen) atoms. The highest BCUT2D eigenvalue weighted by molar-refractivity contribution is 8.00. The van der Waals surface area contributed by atoms with Gasteiger partial charge in [0, 0.05) is 29.2 Å². The molecule has 2 amide bonds. The van der Waals surface area contributed by atoms with Gasteiger partial charge >= 0.3 is 0 Å². The van der Waals surface area contributed by atoms with Gasteiger partial charge in [0.1, 0.15) is 0 Å². The van der Waals surface area contributed by atoms with E-state index in [0.717, 1.165) is 34.8 Å². The van der Waals surface area contributed by atoms with Crippen LogP contribution in [-0.4, -0.2) is 23.6 Å². The van der Waals surface area contributed by atoms with Crippen LogP contribution in [0.5, 0.6) is 0 Å². The maximum atomic E-state index is 12.5. The number of hydrogen-bond acceptors (Lipinski definition) is 3. The van der Waals surface area contributed by atoms with E-state index < -0.39 is 0 Å². The van der Waals surface area contributed by atoms with Crippen molar-refractivity contribution >= 4 is 35.0 Å². The fourth-order valence-electron chi connectivity index (χ4n) is 3.06. The van der Waals surface area contributed by atoms with E-state index >= 15 is 0 Å². The van der Waals surface area contributed by atoms with Crippen LogP contribution in [0.15, 0.2) is 47.4 Å². The normalized spacial score (nSPS) is 15.2. The Kier molecular flexibility index (Phi) is 5.67. The summed E-state index contributed by atoms with van der Waals surface area (Å²) in [6, 6.07) is 13.9. The summed E-state index contributed by atoms with van der Waals surface area (Å²) in [7, 11) is 0. The van der Waals surface area contributed by atoms with Crippen molar-refractivity contribution in [3.8, 4) is 0 Å². The maximum absolute atomic E-state index is 12.5. The number of anilines is 2. The van der Waals surface area contributed by atoms with Crippen LogP contribution in [0.25, 0.3) is 0 Å². The molecule has 1 heterocycles. The highest BCUT2D eigenvalue weighted by atomic mass is 32.2. The van der Waals surface area contributed by atoms with Crippen molar-refractivity contribution in [2.24, 2.45) is 0 Å². The number of carbonyl (C=O) groups excluding carboxylic acids is 2. The van der Waals surface area contributed by atoms with Crippen molar-refractivity contribution in [3.63, 3.8) is 0 Å². The van der Waals surface area contributed by atoms with Gasteiger partial charge in [-0.1, -0.05) is 17.7 Å². The van der Waals surface area contributed by atoms with Crippen molar-refractivity contribution in [2.75, 3.05) is 16.8 Å². The number of benzene rings is 2. The van der Waals surface area contributed by atoms with Gasteiger partial charge in [-0.2, -0.15) is 0 Å². The Hall–Kier alpha value is -2.27. The highest BCUT2D eigenvalue weighted by Crippen LogP contribution is 2.28. The van der Waals surface area contributed by atoms with Gasteiger partial charge in [-0.3, -0.25) is 9.59 Å². The molecule has 0 saturated carbocycles. The lowest BCUT2D eigenvalue weighted by molar-refractivity contribution is -0.117. The van der Waals surface area contributed by atoms with Gasteiger partial charge < -0.3 is 10.2 Å². The van der Waals surface area contributed by atoms with Crippen LogP contribution in [0, 0.1) is 13.8 Å². The molecular formula is C21H24N2O2S. The van der Waals surface area contributed by atoms with E-state index in [1.807, 2.05) is 56.0 Å². The molecule has 136 valence electrons. The molecule has 5 heteroatoms. The second kappa shape index (κ2) is 7.96. The predicted molar refractivity (Wildman–Crippen MR) is 108 cm³/mol. The minimum absolute atomic E-state index is 0.0278. The Balaban J connectivity index is 1.64.